The van der Waals surface area contributed by atoms with Gasteiger partial charge in [-0.2, -0.15) is 4.98 Å². The SMILES string of the molecule is CNc1ncc(Cl)c(Nc2ccccc2S(C)(=O)=O)n1. The number of benzene rings is 1. The van der Waals surface area contributed by atoms with Gasteiger partial charge in [-0.25, -0.2) is 13.4 Å². The van der Waals surface area contributed by atoms with Gasteiger partial charge in [-0.3, -0.25) is 0 Å². The summed E-state index contributed by atoms with van der Waals surface area (Å²) >= 11 is 6.00. The first-order chi connectivity index (χ1) is 9.41. The van der Waals surface area contributed by atoms with Crippen LogP contribution >= 0.6 is 11.6 Å². The number of halogens is 1. The van der Waals surface area contributed by atoms with Crippen LogP contribution < -0.4 is 10.6 Å². The van der Waals surface area contributed by atoms with E-state index in [1.54, 1.807) is 25.2 Å². The van der Waals surface area contributed by atoms with E-state index in [0.29, 0.717) is 22.5 Å². The van der Waals surface area contributed by atoms with Gasteiger partial charge >= 0.3 is 0 Å². The van der Waals surface area contributed by atoms with Gasteiger partial charge in [0.25, 0.3) is 0 Å². The fourth-order valence-electron chi connectivity index (χ4n) is 1.60. The van der Waals surface area contributed by atoms with E-state index in [0.717, 1.165) is 6.26 Å². The third kappa shape index (κ3) is 3.17. The molecule has 1 aromatic heterocycles. The van der Waals surface area contributed by atoms with Crippen LogP contribution in [0.1, 0.15) is 0 Å². The van der Waals surface area contributed by atoms with Gasteiger partial charge in [-0.1, -0.05) is 23.7 Å². The fourth-order valence-corrected chi connectivity index (χ4v) is 2.58. The lowest BCUT2D eigenvalue weighted by Crippen LogP contribution is -2.05. The Kier molecular flexibility index (Phi) is 4.10. The lowest BCUT2D eigenvalue weighted by atomic mass is 10.3. The van der Waals surface area contributed by atoms with Crippen LogP contribution in [-0.2, 0) is 9.84 Å². The zero-order chi connectivity index (χ0) is 14.8. The molecule has 0 spiro atoms. The minimum absolute atomic E-state index is 0.181. The summed E-state index contributed by atoms with van der Waals surface area (Å²) < 4.78 is 23.5. The zero-order valence-corrected chi connectivity index (χ0v) is 12.5. The average molecular weight is 313 g/mol. The molecule has 0 aliphatic rings. The highest BCUT2D eigenvalue weighted by atomic mass is 35.5. The highest BCUT2D eigenvalue weighted by molar-refractivity contribution is 7.90. The number of para-hydroxylation sites is 1. The van der Waals surface area contributed by atoms with Crippen molar-refractivity contribution in [2.24, 2.45) is 0 Å². The van der Waals surface area contributed by atoms with Gasteiger partial charge in [0, 0.05) is 13.3 Å². The van der Waals surface area contributed by atoms with E-state index in [1.807, 2.05) is 0 Å². The molecule has 8 heteroatoms. The summed E-state index contributed by atoms with van der Waals surface area (Å²) in [5.74, 6) is 0.718. The molecule has 1 heterocycles. The van der Waals surface area contributed by atoms with Crippen molar-refractivity contribution in [3.8, 4) is 0 Å². The van der Waals surface area contributed by atoms with Crippen molar-refractivity contribution in [1.29, 1.82) is 0 Å². The van der Waals surface area contributed by atoms with Gasteiger partial charge in [0.1, 0.15) is 5.02 Å². The molecule has 0 atom stereocenters. The molecule has 1 aromatic carbocycles. The van der Waals surface area contributed by atoms with Crippen LogP contribution in [0.2, 0.25) is 5.02 Å². The number of hydrogen-bond donors (Lipinski definition) is 2. The van der Waals surface area contributed by atoms with Gasteiger partial charge in [0.15, 0.2) is 15.7 Å². The number of hydrogen-bond acceptors (Lipinski definition) is 6. The maximum atomic E-state index is 11.7. The van der Waals surface area contributed by atoms with Gasteiger partial charge < -0.3 is 10.6 Å². The Labute approximate surface area is 122 Å². The van der Waals surface area contributed by atoms with E-state index < -0.39 is 9.84 Å². The van der Waals surface area contributed by atoms with E-state index >= 15 is 0 Å². The molecule has 0 aliphatic carbocycles. The van der Waals surface area contributed by atoms with Crippen LogP contribution in [-0.4, -0.2) is 31.7 Å². The number of anilines is 3. The lowest BCUT2D eigenvalue weighted by molar-refractivity contribution is 0.602. The van der Waals surface area contributed by atoms with Crippen LogP contribution in [0.4, 0.5) is 17.5 Å². The number of aromatic nitrogens is 2. The molecular weight excluding hydrogens is 300 g/mol. The molecule has 20 heavy (non-hydrogen) atoms. The highest BCUT2D eigenvalue weighted by Gasteiger charge is 2.14. The second kappa shape index (κ2) is 5.64. The number of nitrogens with zero attached hydrogens (tertiary/aromatic N) is 2. The summed E-state index contributed by atoms with van der Waals surface area (Å²) in [7, 11) is -1.67. The van der Waals surface area contributed by atoms with Crippen LogP contribution in [0, 0.1) is 0 Å². The summed E-state index contributed by atoms with van der Waals surface area (Å²) in [6, 6.07) is 6.55. The maximum Gasteiger partial charge on any atom is 0.224 e. The predicted octanol–water partition coefficient (Wildman–Crippen LogP) is 2.32. The quantitative estimate of drug-likeness (QED) is 0.901. The smallest absolute Gasteiger partial charge is 0.224 e. The monoisotopic (exact) mass is 312 g/mol. The van der Waals surface area contributed by atoms with Crippen molar-refractivity contribution in [1.82, 2.24) is 9.97 Å². The summed E-state index contributed by atoms with van der Waals surface area (Å²) in [4.78, 5) is 8.29. The first kappa shape index (κ1) is 14.5. The maximum absolute atomic E-state index is 11.7. The van der Waals surface area contributed by atoms with Crippen LogP contribution in [0.25, 0.3) is 0 Å². The van der Waals surface area contributed by atoms with Crippen molar-refractivity contribution in [3.05, 3.63) is 35.5 Å². The Balaban J connectivity index is 2.46. The van der Waals surface area contributed by atoms with Crippen LogP contribution in [0.15, 0.2) is 35.4 Å². The Morgan fingerprint density at radius 3 is 2.60 bits per heavy atom. The molecule has 2 N–H and O–H groups in total. The van der Waals surface area contributed by atoms with Crippen molar-refractivity contribution >= 4 is 38.9 Å². The number of rotatable bonds is 4. The van der Waals surface area contributed by atoms with E-state index in [4.69, 9.17) is 11.6 Å². The average Bonchev–Trinajstić information content (AvgIpc) is 2.41. The van der Waals surface area contributed by atoms with Gasteiger partial charge in [0.05, 0.1) is 16.8 Å². The molecule has 0 saturated heterocycles. The molecule has 2 rings (SSSR count). The van der Waals surface area contributed by atoms with Crippen molar-refractivity contribution in [3.63, 3.8) is 0 Å². The Bertz CT molecular complexity index is 734. The fraction of sp³-hybridized carbons (Fsp3) is 0.167. The molecular formula is C12H13ClN4O2S. The van der Waals surface area contributed by atoms with Crippen LogP contribution in [0.5, 0.6) is 0 Å². The summed E-state index contributed by atoms with van der Waals surface area (Å²) in [5, 5.41) is 6.00. The summed E-state index contributed by atoms with van der Waals surface area (Å²) in [5.41, 5.74) is 0.414. The first-order valence-corrected chi connectivity index (χ1v) is 7.95. The number of sulfone groups is 1. The number of nitrogens with one attached hydrogen (secondary N) is 2. The highest BCUT2D eigenvalue weighted by Crippen LogP contribution is 2.27. The van der Waals surface area contributed by atoms with E-state index in [2.05, 4.69) is 20.6 Å². The molecule has 0 bridgehead atoms. The molecule has 6 nitrogen and oxygen atoms in total. The van der Waals surface area contributed by atoms with E-state index in [1.165, 1.54) is 12.3 Å². The van der Waals surface area contributed by atoms with E-state index in [9.17, 15) is 8.42 Å². The standard InChI is InChI=1S/C12H13ClN4O2S/c1-14-12-15-7-8(13)11(17-12)16-9-5-3-4-6-10(9)20(2,18)19/h3-7H,1-2H3,(H2,14,15,16,17). The minimum atomic E-state index is -3.35. The molecule has 0 saturated carbocycles. The van der Waals surface area contributed by atoms with E-state index in [-0.39, 0.29) is 4.90 Å². The molecule has 0 radical (unpaired) electrons. The zero-order valence-electron chi connectivity index (χ0n) is 10.9. The lowest BCUT2D eigenvalue weighted by Gasteiger charge is -2.11. The molecule has 2 aromatic rings. The minimum Gasteiger partial charge on any atom is -0.357 e. The predicted molar refractivity (Wildman–Crippen MR) is 79.4 cm³/mol. The van der Waals surface area contributed by atoms with Crippen molar-refractivity contribution in [2.45, 2.75) is 4.90 Å². The normalized spacial score (nSPS) is 11.2. The molecule has 0 unspecified atom stereocenters. The summed E-state index contributed by atoms with van der Waals surface area (Å²) in [6.07, 6.45) is 2.58. The van der Waals surface area contributed by atoms with Gasteiger partial charge in [-0.05, 0) is 12.1 Å². The second-order valence-electron chi connectivity index (χ2n) is 4.03. The topological polar surface area (TPSA) is 84.0 Å². The Hall–Kier alpha value is -1.86. The van der Waals surface area contributed by atoms with Gasteiger partial charge in [-0.15, -0.1) is 0 Å². The second-order valence-corrected chi connectivity index (χ2v) is 6.42. The molecule has 0 amide bonds. The first-order valence-electron chi connectivity index (χ1n) is 5.68. The molecule has 0 aliphatic heterocycles. The third-order valence-electron chi connectivity index (χ3n) is 2.51. The molecule has 106 valence electrons. The Morgan fingerprint density at radius 1 is 1.25 bits per heavy atom. The Morgan fingerprint density at radius 2 is 1.95 bits per heavy atom. The van der Waals surface area contributed by atoms with Crippen molar-refractivity contribution < 1.29 is 8.42 Å². The van der Waals surface area contributed by atoms with Crippen molar-refractivity contribution in [2.75, 3.05) is 23.9 Å². The molecule has 0 fully saturated rings. The van der Waals surface area contributed by atoms with Crippen LogP contribution in [0.3, 0.4) is 0 Å². The largest absolute Gasteiger partial charge is 0.357 e. The summed E-state index contributed by atoms with van der Waals surface area (Å²) in [6.45, 7) is 0. The van der Waals surface area contributed by atoms with Gasteiger partial charge in [0.2, 0.25) is 5.95 Å². The third-order valence-corrected chi connectivity index (χ3v) is 3.94.